The summed E-state index contributed by atoms with van der Waals surface area (Å²) < 4.78 is 11.2. The molecule has 0 aromatic heterocycles. The van der Waals surface area contributed by atoms with E-state index in [4.69, 9.17) is 21.9 Å². The van der Waals surface area contributed by atoms with Gasteiger partial charge >= 0.3 is 89.6 Å². The fourth-order valence-electron chi connectivity index (χ4n) is 0.481. The number of nitrogens with zero attached hydrogens (tertiary/aromatic N) is 1. The second-order valence-electron chi connectivity index (χ2n) is 3.52. The first-order valence-electron chi connectivity index (χ1n) is 3.97. The van der Waals surface area contributed by atoms with E-state index in [0.29, 0.717) is 6.61 Å². The van der Waals surface area contributed by atoms with Crippen LogP contribution in [0.5, 0.6) is 0 Å². The number of aliphatic hydroxyl groups is 1. The molecule has 91 valence electrons. The Labute approximate surface area is 102 Å². The van der Waals surface area contributed by atoms with Gasteiger partial charge in [-0.2, -0.15) is 0 Å². The van der Waals surface area contributed by atoms with Crippen LogP contribution in [-0.4, -0.2) is 57.1 Å². The fourth-order valence-corrected chi connectivity index (χ4v) is 2.15. The minimum Gasteiger partial charge on any atom is -1.00 e. The average molecular weight is 336 g/mol. The average Bonchev–Trinajstić information content (AvgIpc) is 1.98. The number of hydrogen-bond acceptors (Lipinski definition) is 3. The Balaban J connectivity index is 0. The smallest absolute Gasteiger partial charge is 1.00 e. The van der Waals surface area contributed by atoms with E-state index in [2.05, 4.69) is 21.1 Å². The molecule has 14 heavy (non-hydrogen) atoms. The molecule has 0 saturated heterocycles. The van der Waals surface area contributed by atoms with Gasteiger partial charge in [0.25, 0.3) is 0 Å². The van der Waals surface area contributed by atoms with Crippen LogP contribution in [0, 0.1) is 0 Å². The molecule has 0 aromatic rings. The Kier molecular flexibility index (Phi) is 11.6. The van der Waals surface area contributed by atoms with E-state index in [-0.39, 0.29) is 25.6 Å². The topological polar surface area (TPSA) is 38.7 Å². The van der Waals surface area contributed by atoms with Gasteiger partial charge in [-0.3, -0.25) is 0 Å². The van der Waals surface area contributed by atoms with Gasteiger partial charge in [-0.15, -0.1) is 0 Å². The zero-order valence-electron chi connectivity index (χ0n) is 8.65. The van der Waals surface area contributed by atoms with Crippen molar-refractivity contribution in [1.82, 2.24) is 0 Å². The fraction of sp³-hybridized carbons (Fsp3) is 1.00. The maximum atomic E-state index is 8.45. The molecule has 0 radical (unpaired) electrons. The first-order chi connectivity index (χ1) is 5.95. The zero-order valence-corrected chi connectivity index (χ0v) is 11.9. The summed E-state index contributed by atoms with van der Waals surface area (Å²) in [6.07, 6.45) is 0. The summed E-state index contributed by atoms with van der Waals surface area (Å²) in [4.78, 5) is 0. The Morgan fingerprint density at radius 2 is 1.71 bits per heavy atom. The van der Waals surface area contributed by atoms with Crippen molar-refractivity contribution in [3.05, 3.63) is 0 Å². The number of quaternary nitrogens is 1. The van der Waals surface area contributed by atoms with E-state index in [1.54, 1.807) is 0 Å². The van der Waals surface area contributed by atoms with E-state index < -0.39 is 15.7 Å². The number of halogens is 2. The predicted octanol–water partition coefficient (Wildman–Crippen LogP) is -2.68. The first kappa shape index (κ1) is 17.4. The monoisotopic (exact) mass is 336 g/mol. The van der Waals surface area contributed by atoms with Gasteiger partial charge in [0.05, 0.1) is 0 Å². The summed E-state index contributed by atoms with van der Waals surface area (Å²) in [6.45, 7) is 1.78. The van der Waals surface area contributed by atoms with Gasteiger partial charge in [0.2, 0.25) is 0 Å². The van der Waals surface area contributed by atoms with Crippen molar-refractivity contribution in [3.8, 4) is 0 Å². The van der Waals surface area contributed by atoms with E-state index in [1.807, 2.05) is 0 Å². The molecule has 7 heteroatoms. The standard InChI is InChI=1S/C5H13NO.C2H5O2.2ClH.Ru/c1-6(2,3)4-5-7;3-1-2-4;;;/h4-5H2,1-3H3;3H,1-2H2;2*1H;/q;-1;;;+3/p-2. The van der Waals surface area contributed by atoms with Crippen molar-refractivity contribution >= 4 is 9.69 Å². The SMILES string of the molecule is C[N+](C)(C)CC[O][Ru]([Cl])[O]CCO.[Cl-]. The molecule has 0 aromatic carbocycles. The van der Waals surface area contributed by atoms with E-state index in [9.17, 15) is 0 Å². The Morgan fingerprint density at radius 1 is 1.21 bits per heavy atom. The summed E-state index contributed by atoms with van der Waals surface area (Å²) in [5, 5.41) is 8.45. The van der Waals surface area contributed by atoms with Crippen LogP contribution in [0.2, 0.25) is 0 Å². The molecule has 0 bridgehead atoms. The molecule has 4 nitrogen and oxygen atoms in total. The molecule has 0 aliphatic heterocycles. The molecule has 0 aliphatic rings. The summed E-state index contributed by atoms with van der Waals surface area (Å²) in [6, 6.07) is 0. The van der Waals surface area contributed by atoms with Crippen molar-refractivity contribution in [2.45, 2.75) is 0 Å². The number of likely N-dealkylation sites (N-methyl/N-ethyl adjacent to an activating group) is 1. The minimum absolute atomic E-state index is 0. The second-order valence-corrected chi connectivity index (χ2v) is 6.64. The minimum atomic E-state index is -2.05. The Morgan fingerprint density at radius 3 is 2.14 bits per heavy atom. The quantitative estimate of drug-likeness (QED) is 0.407. The zero-order chi connectivity index (χ0) is 10.3. The molecule has 0 spiro atoms. The summed E-state index contributed by atoms with van der Waals surface area (Å²) in [5.41, 5.74) is 0. The van der Waals surface area contributed by atoms with Crippen molar-refractivity contribution in [1.29, 1.82) is 0 Å². The predicted molar refractivity (Wildman–Crippen MR) is 47.7 cm³/mol. The van der Waals surface area contributed by atoms with Crippen molar-refractivity contribution in [2.24, 2.45) is 0 Å². The second kappa shape index (κ2) is 9.28. The largest absolute Gasteiger partial charge is 1.00 e. The van der Waals surface area contributed by atoms with Crippen LogP contribution >= 0.6 is 9.69 Å². The molecule has 0 unspecified atom stereocenters. The molecule has 0 aliphatic carbocycles. The number of hydrogen-bond donors (Lipinski definition) is 1. The molecule has 0 saturated carbocycles. The van der Waals surface area contributed by atoms with Gasteiger partial charge in [0.1, 0.15) is 0 Å². The van der Waals surface area contributed by atoms with Gasteiger partial charge in [0.15, 0.2) is 0 Å². The van der Waals surface area contributed by atoms with Crippen LogP contribution < -0.4 is 12.4 Å². The van der Waals surface area contributed by atoms with Crippen LogP contribution in [0.4, 0.5) is 0 Å². The molecule has 0 atom stereocenters. The molecular weight excluding hydrogens is 318 g/mol. The first-order valence-corrected chi connectivity index (χ1v) is 7.63. The van der Waals surface area contributed by atoms with Crippen molar-refractivity contribution < 1.29 is 44.8 Å². The third-order valence-electron chi connectivity index (χ3n) is 1.16. The normalized spacial score (nSPS) is 12.2. The van der Waals surface area contributed by atoms with Crippen LogP contribution in [0.15, 0.2) is 0 Å². The summed E-state index contributed by atoms with van der Waals surface area (Å²) in [5.74, 6) is 0. The summed E-state index contributed by atoms with van der Waals surface area (Å²) in [7, 11) is 12.0. The molecule has 0 heterocycles. The van der Waals surface area contributed by atoms with E-state index >= 15 is 0 Å². The maximum absolute atomic E-state index is 8.45. The molecular formula is C7H18Cl2NO3Ru. The third kappa shape index (κ3) is 13.0. The van der Waals surface area contributed by atoms with E-state index in [0.717, 1.165) is 11.0 Å². The van der Waals surface area contributed by atoms with Crippen molar-refractivity contribution in [3.63, 3.8) is 0 Å². The number of aliphatic hydroxyl groups excluding tert-OH is 1. The summed E-state index contributed by atoms with van der Waals surface area (Å²) >= 11 is -2.05. The van der Waals surface area contributed by atoms with Crippen molar-refractivity contribution in [2.75, 3.05) is 47.5 Å². The van der Waals surface area contributed by atoms with Gasteiger partial charge in [-0.25, -0.2) is 0 Å². The molecule has 1 N–H and O–H groups in total. The van der Waals surface area contributed by atoms with Crippen LogP contribution in [0.3, 0.4) is 0 Å². The van der Waals surface area contributed by atoms with Crippen LogP contribution in [0.25, 0.3) is 0 Å². The van der Waals surface area contributed by atoms with Gasteiger partial charge in [0, 0.05) is 0 Å². The molecule has 0 fully saturated rings. The van der Waals surface area contributed by atoms with Gasteiger partial charge < -0.3 is 12.4 Å². The third-order valence-corrected chi connectivity index (χ3v) is 3.57. The van der Waals surface area contributed by atoms with Crippen LogP contribution in [-0.2, 0) is 22.8 Å². The Hall–Kier alpha value is 1.04. The Bertz CT molecular complexity index is 135. The van der Waals surface area contributed by atoms with E-state index in [1.165, 1.54) is 0 Å². The van der Waals surface area contributed by atoms with Gasteiger partial charge in [-0.05, 0) is 0 Å². The van der Waals surface area contributed by atoms with Gasteiger partial charge in [-0.1, -0.05) is 0 Å². The van der Waals surface area contributed by atoms with Crippen LogP contribution in [0.1, 0.15) is 0 Å². The number of rotatable bonds is 7. The maximum Gasteiger partial charge on any atom is -1.00 e. The molecule has 0 rings (SSSR count). The molecule has 0 amide bonds.